The Morgan fingerprint density at radius 1 is 1.08 bits per heavy atom. The Hall–Kier alpha value is -2.72. The minimum atomic E-state index is -4.38. The molecule has 2 aliphatic heterocycles. The Balaban J connectivity index is 1.24. The second kappa shape index (κ2) is 11.2. The van der Waals surface area contributed by atoms with Gasteiger partial charge in [0, 0.05) is 50.9 Å². The van der Waals surface area contributed by atoms with Crippen molar-refractivity contribution in [2.45, 2.75) is 82.8 Å². The van der Waals surface area contributed by atoms with Crippen LogP contribution in [-0.2, 0) is 23.9 Å². The highest BCUT2D eigenvalue weighted by Crippen LogP contribution is 2.34. The molecule has 0 unspecified atom stereocenters. The number of nitrogens with one attached hydrogen (secondary N) is 1. The van der Waals surface area contributed by atoms with Gasteiger partial charge in [-0.15, -0.1) is 5.10 Å². The van der Waals surface area contributed by atoms with Crippen molar-refractivity contribution in [3.8, 4) is 0 Å². The lowest BCUT2D eigenvalue weighted by molar-refractivity contribution is -0.137. The molecule has 206 valence electrons. The fourth-order valence-electron chi connectivity index (χ4n) is 6.17. The number of nitrogens with zero attached hydrogens (tertiary/aromatic N) is 4. The molecule has 2 fully saturated rings. The minimum Gasteiger partial charge on any atom is -0.380 e. The number of aromatic nitrogens is 2. The smallest absolute Gasteiger partial charge is 0.380 e. The molecule has 1 amide bonds. The maximum Gasteiger partial charge on any atom is 0.416 e. The molecule has 0 radical (unpaired) electrons. The van der Waals surface area contributed by atoms with Crippen molar-refractivity contribution >= 4 is 11.6 Å². The zero-order chi connectivity index (χ0) is 26.9. The number of likely N-dealkylation sites (tertiary alicyclic amines) is 1. The highest BCUT2D eigenvalue weighted by atomic mass is 19.4. The number of amides is 1. The van der Waals surface area contributed by atoms with E-state index >= 15 is 0 Å². The van der Waals surface area contributed by atoms with Crippen molar-refractivity contribution in [3.05, 3.63) is 52.3 Å². The molecule has 5 rings (SSSR count). The van der Waals surface area contributed by atoms with Crippen LogP contribution in [0.3, 0.4) is 0 Å². The summed E-state index contributed by atoms with van der Waals surface area (Å²) in [6.07, 6.45) is 4.49. The molecule has 0 bridgehead atoms. The van der Waals surface area contributed by atoms with Gasteiger partial charge < -0.3 is 19.9 Å². The Morgan fingerprint density at radius 2 is 1.84 bits per heavy atom. The van der Waals surface area contributed by atoms with Gasteiger partial charge >= 0.3 is 6.18 Å². The van der Waals surface area contributed by atoms with E-state index in [0.717, 1.165) is 43.0 Å². The van der Waals surface area contributed by atoms with Crippen LogP contribution in [0.5, 0.6) is 0 Å². The van der Waals surface area contributed by atoms with E-state index in [4.69, 9.17) is 4.74 Å². The summed E-state index contributed by atoms with van der Waals surface area (Å²) in [7, 11) is 1.78. The van der Waals surface area contributed by atoms with Gasteiger partial charge in [-0.3, -0.25) is 4.79 Å². The predicted molar refractivity (Wildman–Crippen MR) is 138 cm³/mol. The lowest BCUT2D eigenvalue weighted by Gasteiger charge is -2.38. The summed E-state index contributed by atoms with van der Waals surface area (Å²) in [6, 6.07) is 4.68. The third kappa shape index (κ3) is 5.66. The summed E-state index contributed by atoms with van der Waals surface area (Å²) in [5.41, 5.74) is 2.70. The van der Waals surface area contributed by atoms with Crippen LogP contribution in [0.2, 0.25) is 0 Å². The topological polar surface area (TPSA) is 70.6 Å². The molecule has 1 saturated carbocycles. The molecule has 3 heterocycles. The maximum absolute atomic E-state index is 13.4. The Morgan fingerprint density at radius 3 is 2.58 bits per heavy atom. The zero-order valence-corrected chi connectivity index (χ0v) is 22.1. The standard InChI is InChI=1S/C28H36F3N5O2/c1-18-24(36-12-9-19-7-8-21(28(29,30)31)15-20(19)17-36)16-32-34-26(18)27(37)35-13-10-22(11-14-35)33-23-5-3-4-6-25(23)38-2/h7-8,15-16,22-23,25,33H,3-6,9-14,17H2,1-2H3/t23-,25+/m1/s1. The highest BCUT2D eigenvalue weighted by Gasteiger charge is 2.33. The van der Waals surface area contributed by atoms with Crippen LogP contribution < -0.4 is 10.2 Å². The lowest BCUT2D eigenvalue weighted by atomic mass is 9.90. The molecule has 0 spiro atoms. The van der Waals surface area contributed by atoms with Crippen molar-refractivity contribution in [3.63, 3.8) is 0 Å². The first-order valence-corrected chi connectivity index (χ1v) is 13.6. The predicted octanol–water partition coefficient (Wildman–Crippen LogP) is 4.52. The number of carbonyl (C=O) groups excluding carboxylic acids is 1. The van der Waals surface area contributed by atoms with Gasteiger partial charge in [0.25, 0.3) is 5.91 Å². The van der Waals surface area contributed by atoms with Crippen LogP contribution in [0.25, 0.3) is 0 Å². The SMILES string of the molecule is CO[C@H]1CCCC[C@H]1NC1CCN(C(=O)c2nncc(N3CCc4ccc(C(F)(F)F)cc4C3)c2C)CC1. The molecule has 2 atom stereocenters. The van der Waals surface area contributed by atoms with Gasteiger partial charge in [0.05, 0.1) is 23.6 Å². The molecule has 1 N–H and O–H groups in total. The van der Waals surface area contributed by atoms with E-state index in [1.807, 2.05) is 16.7 Å². The molecule has 1 aliphatic carbocycles. The molecule has 1 aromatic carbocycles. The quantitative estimate of drug-likeness (QED) is 0.612. The number of methoxy groups -OCH3 is 1. The second-order valence-electron chi connectivity index (χ2n) is 10.8. The molecule has 1 aromatic heterocycles. The number of benzene rings is 1. The molecule has 10 heteroatoms. The summed E-state index contributed by atoms with van der Waals surface area (Å²) in [5.74, 6) is -0.139. The van der Waals surface area contributed by atoms with Gasteiger partial charge in [-0.1, -0.05) is 18.9 Å². The van der Waals surface area contributed by atoms with Crippen molar-refractivity contribution in [1.29, 1.82) is 0 Å². The van der Waals surface area contributed by atoms with E-state index in [9.17, 15) is 18.0 Å². The third-order valence-corrected chi connectivity index (χ3v) is 8.40. The fourth-order valence-corrected chi connectivity index (χ4v) is 6.17. The summed E-state index contributed by atoms with van der Waals surface area (Å²) < 4.78 is 45.4. The number of hydrogen-bond donors (Lipinski definition) is 1. The van der Waals surface area contributed by atoms with Gasteiger partial charge in [-0.05, 0) is 62.3 Å². The normalized spacial score (nSPS) is 22.9. The Bertz CT molecular complexity index is 1150. The number of rotatable bonds is 5. The Labute approximate surface area is 221 Å². The van der Waals surface area contributed by atoms with E-state index in [1.54, 1.807) is 19.4 Å². The minimum absolute atomic E-state index is 0.139. The average Bonchev–Trinajstić information content (AvgIpc) is 2.92. The largest absolute Gasteiger partial charge is 0.416 e. The van der Waals surface area contributed by atoms with Gasteiger partial charge in [-0.2, -0.15) is 18.3 Å². The second-order valence-corrected chi connectivity index (χ2v) is 10.8. The van der Waals surface area contributed by atoms with E-state index in [1.165, 1.54) is 18.9 Å². The van der Waals surface area contributed by atoms with Gasteiger partial charge in [0.2, 0.25) is 0 Å². The summed E-state index contributed by atoms with van der Waals surface area (Å²) in [5, 5.41) is 12.1. The third-order valence-electron chi connectivity index (χ3n) is 8.40. The van der Waals surface area contributed by atoms with Crippen LogP contribution in [0.1, 0.15) is 71.3 Å². The van der Waals surface area contributed by atoms with Crippen molar-refractivity contribution < 1.29 is 22.7 Å². The molecule has 2 aromatic rings. The number of carbonyl (C=O) groups is 1. The van der Waals surface area contributed by atoms with Crippen molar-refractivity contribution in [2.75, 3.05) is 31.6 Å². The van der Waals surface area contributed by atoms with Crippen LogP contribution in [0.15, 0.2) is 24.4 Å². The highest BCUT2D eigenvalue weighted by molar-refractivity contribution is 5.95. The monoisotopic (exact) mass is 531 g/mol. The van der Waals surface area contributed by atoms with Gasteiger partial charge in [-0.25, -0.2) is 0 Å². The van der Waals surface area contributed by atoms with Crippen molar-refractivity contribution in [1.82, 2.24) is 20.4 Å². The van der Waals surface area contributed by atoms with E-state index in [-0.39, 0.29) is 12.0 Å². The first-order chi connectivity index (χ1) is 18.2. The number of fused-ring (bicyclic) bond motifs is 1. The zero-order valence-electron chi connectivity index (χ0n) is 22.1. The molecule has 7 nitrogen and oxygen atoms in total. The van der Waals surface area contributed by atoms with Crippen LogP contribution >= 0.6 is 0 Å². The van der Waals surface area contributed by atoms with Crippen LogP contribution in [0, 0.1) is 6.92 Å². The molecule has 1 saturated heterocycles. The molecule has 38 heavy (non-hydrogen) atoms. The van der Waals surface area contributed by atoms with Crippen molar-refractivity contribution in [2.24, 2.45) is 0 Å². The molecule has 3 aliphatic rings. The number of halogens is 3. The van der Waals surface area contributed by atoms with E-state index in [0.29, 0.717) is 61.5 Å². The number of piperidine rings is 1. The number of anilines is 1. The maximum atomic E-state index is 13.4. The Kier molecular flexibility index (Phi) is 7.90. The van der Waals surface area contributed by atoms with E-state index in [2.05, 4.69) is 15.5 Å². The van der Waals surface area contributed by atoms with Crippen LogP contribution in [0.4, 0.5) is 18.9 Å². The number of alkyl halides is 3. The summed E-state index contributed by atoms with van der Waals surface area (Å²) in [4.78, 5) is 17.3. The van der Waals surface area contributed by atoms with E-state index < -0.39 is 11.7 Å². The number of hydrogen-bond acceptors (Lipinski definition) is 6. The number of ether oxygens (including phenoxy) is 1. The summed E-state index contributed by atoms with van der Waals surface area (Å²) >= 11 is 0. The fraction of sp³-hybridized carbons (Fsp3) is 0.607. The first kappa shape index (κ1) is 26.9. The van der Waals surface area contributed by atoms with Gasteiger partial charge in [0.15, 0.2) is 5.69 Å². The summed E-state index contributed by atoms with van der Waals surface area (Å²) in [6.45, 7) is 4.10. The van der Waals surface area contributed by atoms with Gasteiger partial charge in [0.1, 0.15) is 0 Å². The molecular formula is C28H36F3N5O2. The first-order valence-electron chi connectivity index (χ1n) is 13.6. The van der Waals surface area contributed by atoms with Crippen LogP contribution in [-0.4, -0.2) is 65.9 Å². The lowest BCUT2D eigenvalue weighted by Crippen LogP contribution is -2.52. The molecular weight excluding hydrogens is 495 g/mol. The average molecular weight is 532 g/mol.